The van der Waals surface area contributed by atoms with Crippen LogP contribution in [0.3, 0.4) is 0 Å². The van der Waals surface area contributed by atoms with Crippen LogP contribution in [-0.4, -0.2) is 11.9 Å². The van der Waals surface area contributed by atoms with E-state index in [1.165, 1.54) is 22.3 Å². The van der Waals surface area contributed by atoms with E-state index in [9.17, 15) is 4.79 Å². The quantitative estimate of drug-likeness (QED) is 0.818. The van der Waals surface area contributed by atoms with Crippen molar-refractivity contribution in [3.05, 3.63) is 34.4 Å². The van der Waals surface area contributed by atoms with Gasteiger partial charge < -0.3 is 11.1 Å². The van der Waals surface area contributed by atoms with Gasteiger partial charge >= 0.3 is 0 Å². The standard InChI is InChI=1S/C14H22N2O/c1-9-5-10(2)13(11(3)6-9)8-16-12(4)7-14(15)17/h5-6,12,16H,7-8H2,1-4H3,(H2,15,17). The van der Waals surface area contributed by atoms with E-state index in [1.807, 2.05) is 6.92 Å². The molecule has 3 heteroatoms. The van der Waals surface area contributed by atoms with E-state index in [1.54, 1.807) is 0 Å². The Balaban J connectivity index is 2.66. The Hall–Kier alpha value is -1.35. The highest BCUT2D eigenvalue weighted by Gasteiger charge is 2.08. The van der Waals surface area contributed by atoms with Gasteiger partial charge in [0, 0.05) is 19.0 Å². The van der Waals surface area contributed by atoms with Crippen molar-refractivity contribution in [2.24, 2.45) is 5.73 Å². The van der Waals surface area contributed by atoms with Crippen LogP contribution in [0.25, 0.3) is 0 Å². The summed E-state index contributed by atoms with van der Waals surface area (Å²) in [5.41, 5.74) is 10.3. The van der Waals surface area contributed by atoms with Crippen molar-refractivity contribution >= 4 is 5.91 Å². The molecule has 94 valence electrons. The molecule has 0 aromatic heterocycles. The highest BCUT2D eigenvalue weighted by Crippen LogP contribution is 2.16. The van der Waals surface area contributed by atoms with E-state index >= 15 is 0 Å². The van der Waals surface area contributed by atoms with Gasteiger partial charge in [-0.05, 0) is 44.4 Å². The minimum absolute atomic E-state index is 0.118. The number of hydrogen-bond donors (Lipinski definition) is 2. The highest BCUT2D eigenvalue weighted by atomic mass is 16.1. The number of amides is 1. The van der Waals surface area contributed by atoms with Gasteiger partial charge in [0.15, 0.2) is 0 Å². The summed E-state index contributed by atoms with van der Waals surface area (Å²) < 4.78 is 0. The second kappa shape index (κ2) is 5.82. The molecule has 0 radical (unpaired) electrons. The molecule has 1 atom stereocenters. The van der Waals surface area contributed by atoms with E-state index in [2.05, 4.69) is 38.2 Å². The van der Waals surface area contributed by atoms with Crippen molar-refractivity contribution in [3.63, 3.8) is 0 Å². The predicted octanol–water partition coefficient (Wildman–Crippen LogP) is 1.97. The van der Waals surface area contributed by atoms with Crippen LogP contribution in [0.4, 0.5) is 0 Å². The van der Waals surface area contributed by atoms with Crippen molar-refractivity contribution in [2.75, 3.05) is 0 Å². The van der Waals surface area contributed by atoms with Crippen molar-refractivity contribution < 1.29 is 4.79 Å². The molecule has 0 fully saturated rings. The van der Waals surface area contributed by atoms with E-state index < -0.39 is 0 Å². The topological polar surface area (TPSA) is 55.1 Å². The van der Waals surface area contributed by atoms with Crippen molar-refractivity contribution in [1.82, 2.24) is 5.32 Å². The van der Waals surface area contributed by atoms with Crippen LogP contribution in [0.15, 0.2) is 12.1 Å². The molecule has 0 saturated heterocycles. The minimum atomic E-state index is -0.262. The first kappa shape index (κ1) is 13.7. The Morgan fingerprint density at radius 1 is 1.29 bits per heavy atom. The van der Waals surface area contributed by atoms with Crippen molar-refractivity contribution in [1.29, 1.82) is 0 Å². The molecule has 0 saturated carbocycles. The summed E-state index contributed by atoms with van der Waals surface area (Å²) in [6.07, 6.45) is 0.379. The zero-order valence-corrected chi connectivity index (χ0v) is 11.1. The largest absolute Gasteiger partial charge is 0.370 e. The Morgan fingerprint density at radius 2 is 1.82 bits per heavy atom. The molecule has 0 spiro atoms. The Labute approximate surface area is 103 Å². The lowest BCUT2D eigenvalue weighted by molar-refractivity contribution is -0.118. The van der Waals surface area contributed by atoms with Crippen LogP contribution in [-0.2, 0) is 11.3 Å². The number of primary amides is 1. The number of benzene rings is 1. The molecule has 0 aliphatic heterocycles. The van der Waals surface area contributed by atoms with Gasteiger partial charge in [-0.25, -0.2) is 0 Å². The molecule has 3 nitrogen and oxygen atoms in total. The number of carbonyl (C=O) groups excluding carboxylic acids is 1. The second-order valence-corrected chi connectivity index (χ2v) is 4.83. The molecule has 1 aromatic rings. The Morgan fingerprint density at radius 3 is 2.29 bits per heavy atom. The molecule has 0 heterocycles. The zero-order valence-electron chi connectivity index (χ0n) is 11.1. The Kier molecular flexibility index (Phi) is 4.70. The molecule has 1 amide bonds. The lowest BCUT2D eigenvalue weighted by Gasteiger charge is -2.16. The molecular weight excluding hydrogens is 212 g/mol. The molecule has 0 aliphatic rings. The summed E-state index contributed by atoms with van der Waals surface area (Å²) in [4.78, 5) is 10.8. The first-order valence-corrected chi connectivity index (χ1v) is 5.98. The third kappa shape index (κ3) is 4.19. The molecule has 1 rings (SSSR count). The lowest BCUT2D eigenvalue weighted by atomic mass is 9.99. The molecular formula is C14H22N2O. The summed E-state index contributed by atoms with van der Waals surface area (Å²) in [5.74, 6) is -0.262. The summed E-state index contributed by atoms with van der Waals surface area (Å²) in [6, 6.07) is 4.48. The number of carbonyl (C=O) groups is 1. The fourth-order valence-electron chi connectivity index (χ4n) is 2.14. The second-order valence-electron chi connectivity index (χ2n) is 4.83. The van der Waals surface area contributed by atoms with Crippen LogP contribution < -0.4 is 11.1 Å². The summed E-state index contributed by atoms with van der Waals surface area (Å²) in [5, 5.41) is 3.33. The summed E-state index contributed by atoms with van der Waals surface area (Å²) >= 11 is 0. The zero-order chi connectivity index (χ0) is 13.0. The van der Waals surface area contributed by atoms with Crippen LogP contribution in [0, 0.1) is 20.8 Å². The number of hydrogen-bond acceptors (Lipinski definition) is 2. The first-order chi connectivity index (χ1) is 7.90. The van der Waals surface area contributed by atoms with Gasteiger partial charge in [-0.1, -0.05) is 17.7 Å². The summed E-state index contributed by atoms with van der Waals surface area (Å²) in [6.45, 7) is 9.11. The van der Waals surface area contributed by atoms with Gasteiger partial charge in [-0.2, -0.15) is 0 Å². The van der Waals surface area contributed by atoms with Crippen molar-refractivity contribution in [3.8, 4) is 0 Å². The molecule has 0 bridgehead atoms. The van der Waals surface area contributed by atoms with E-state index in [0.717, 1.165) is 6.54 Å². The maximum atomic E-state index is 10.8. The van der Waals surface area contributed by atoms with Gasteiger partial charge in [0.25, 0.3) is 0 Å². The first-order valence-electron chi connectivity index (χ1n) is 5.98. The number of aryl methyl sites for hydroxylation is 3. The van der Waals surface area contributed by atoms with Gasteiger partial charge in [0.1, 0.15) is 0 Å². The van der Waals surface area contributed by atoms with E-state index in [0.29, 0.717) is 6.42 Å². The average Bonchev–Trinajstić information content (AvgIpc) is 2.14. The van der Waals surface area contributed by atoms with Gasteiger partial charge in [0.2, 0.25) is 5.91 Å². The fraction of sp³-hybridized carbons (Fsp3) is 0.500. The molecule has 3 N–H and O–H groups in total. The smallest absolute Gasteiger partial charge is 0.218 e. The summed E-state index contributed by atoms with van der Waals surface area (Å²) in [7, 11) is 0. The van der Waals surface area contributed by atoms with Crippen molar-refractivity contribution in [2.45, 2.75) is 46.7 Å². The van der Waals surface area contributed by atoms with E-state index in [-0.39, 0.29) is 11.9 Å². The third-order valence-corrected chi connectivity index (χ3v) is 2.98. The molecule has 0 aliphatic carbocycles. The number of rotatable bonds is 5. The number of nitrogens with one attached hydrogen (secondary N) is 1. The van der Waals surface area contributed by atoms with Crippen LogP contribution >= 0.6 is 0 Å². The fourth-order valence-corrected chi connectivity index (χ4v) is 2.14. The molecule has 1 aromatic carbocycles. The van der Waals surface area contributed by atoms with Crippen LogP contribution in [0.2, 0.25) is 0 Å². The van der Waals surface area contributed by atoms with Gasteiger partial charge in [-0.15, -0.1) is 0 Å². The minimum Gasteiger partial charge on any atom is -0.370 e. The molecule has 1 unspecified atom stereocenters. The lowest BCUT2D eigenvalue weighted by Crippen LogP contribution is -2.30. The Bertz CT molecular complexity index is 390. The number of nitrogens with two attached hydrogens (primary N) is 1. The average molecular weight is 234 g/mol. The third-order valence-electron chi connectivity index (χ3n) is 2.98. The highest BCUT2D eigenvalue weighted by molar-refractivity contribution is 5.74. The van der Waals surface area contributed by atoms with Gasteiger partial charge in [-0.3, -0.25) is 4.79 Å². The van der Waals surface area contributed by atoms with Crippen LogP contribution in [0.1, 0.15) is 35.6 Å². The van der Waals surface area contributed by atoms with E-state index in [4.69, 9.17) is 5.73 Å². The monoisotopic (exact) mass is 234 g/mol. The maximum absolute atomic E-state index is 10.8. The molecule has 17 heavy (non-hydrogen) atoms. The maximum Gasteiger partial charge on any atom is 0.218 e. The normalized spacial score (nSPS) is 12.5. The van der Waals surface area contributed by atoms with Crippen LogP contribution in [0.5, 0.6) is 0 Å². The SMILES string of the molecule is Cc1cc(C)c(CNC(C)CC(N)=O)c(C)c1. The van der Waals surface area contributed by atoms with Gasteiger partial charge in [0.05, 0.1) is 0 Å². The predicted molar refractivity (Wildman–Crippen MR) is 70.8 cm³/mol.